The Morgan fingerprint density at radius 3 is 3.13 bits per heavy atom. The Kier molecular flexibility index (Phi) is 1.85. The lowest BCUT2D eigenvalue weighted by Gasteiger charge is -2.00. The van der Waals surface area contributed by atoms with Crippen molar-refractivity contribution in [2.75, 3.05) is 0 Å². The Balaban J connectivity index is 2.38. The Labute approximate surface area is 93.7 Å². The van der Waals surface area contributed by atoms with E-state index in [2.05, 4.69) is 25.9 Å². The van der Waals surface area contributed by atoms with Crippen LogP contribution in [0.3, 0.4) is 0 Å². The second-order valence-electron chi connectivity index (χ2n) is 3.05. The van der Waals surface area contributed by atoms with Gasteiger partial charge in [-0.25, -0.2) is 9.97 Å². The van der Waals surface area contributed by atoms with Crippen molar-refractivity contribution in [3.8, 4) is 11.5 Å². The number of hydrogen-bond donors (Lipinski definition) is 0. The maximum absolute atomic E-state index is 5.32. The minimum atomic E-state index is 0.715. The average Bonchev–Trinajstić information content (AvgIpc) is 2.86. The monoisotopic (exact) mass is 263 g/mol. The van der Waals surface area contributed by atoms with Crippen LogP contribution in [0.25, 0.3) is 17.1 Å². The van der Waals surface area contributed by atoms with Gasteiger partial charge in [-0.3, -0.25) is 0 Å². The summed E-state index contributed by atoms with van der Waals surface area (Å²) in [5.41, 5.74) is 1.52. The highest BCUT2D eigenvalue weighted by molar-refractivity contribution is 9.10. The first-order valence-electron chi connectivity index (χ1n) is 4.38. The first-order chi connectivity index (χ1) is 7.34. The molecule has 0 saturated carbocycles. The minimum Gasteiger partial charge on any atom is -0.463 e. The van der Waals surface area contributed by atoms with Gasteiger partial charge in [0.15, 0.2) is 17.1 Å². The van der Waals surface area contributed by atoms with E-state index in [1.807, 2.05) is 28.9 Å². The molecule has 0 saturated heterocycles. The first kappa shape index (κ1) is 8.67. The number of furan rings is 1. The molecule has 0 fully saturated rings. The normalized spacial score (nSPS) is 11.0. The predicted molar refractivity (Wildman–Crippen MR) is 58.4 cm³/mol. The van der Waals surface area contributed by atoms with Crippen molar-refractivity contribution < 1.29 is 4.42 Å². The summed E-state index contributed by atoms with van der Waals surface area (Å²) in [6.07, 6.45) is 7.08. The van der Waals surface area contributed by atoms with Gasteiger partial charge in [0.1, 0.15) is 4.60 Å². The van der Waals surface area contributed by atoms with Crippen molar-refractivity contribution in [2.24, 2.45) is 0 Å². The zero-order chi connectivity index (χ0) is 10.3. The Bertz CT molecular complexity index is 600. The smallest absolute Gasteiger partial charge is 0.166 e. The van der Waals surface area contributed by atoms with Gasteiger partial charge in [0, 0.05) is 18.6 Å². The van der Waals surface area contributed by atoms with E-state index in [0.29, 0.717) is 5.76 Å². The fourth-order valence-corrected chi connectivity index (χ4v) is 1.88. The quantitative estimate of drug-likeness (QED) is 0.678. The van der Waals surface area contributed by atoms with Crippen molar-refractivity contribution in [2.45, 2.75) is 0 Å². The molecule has 3 aromatic rings. The standard InChI is InChI=1S/C10H6BrN3O/c11-8-6-14-4-3-12-10(14)9(13-8)7-2-1-5-15-7/h1-6H. The van der Waals surface area contributed by atoms with Crippen LogP contribution in [0.1, 0.15) is 0 Å². The third-order valence-electron chi connectivity index (χ3n) is 2.10. The SMILES string of the molecule is Brc1cn2ccnc2c(-c2ccco2)n1. The highest BCUT2D eigenvalue weighted by Crippen LogP contribution is 2.23. The first-order valence-corrected chi connectivity index (χ1v) is 5.17. The maximum atomic E-state index is 5.32. The van der Waals surface area contributed by atoms with Gasteiger partial charge in [-0.1, -0.05) is 0 Å². The van der Waals surface area contributed by atoms with E-state index in [1.165, 1.54) is 0 Å². The third-order valence-corrected chi connectivity index (χ3v) is 2.48. The van der Waals surface area contributed by atoms with Gasteiger partial charge in [0.2, 0.25) is 0 Å². The average molecular weight is 264 g/mol. The molecule has 0 aromatic carbocycles. The fourth-order valence-electron chi connectivity index (χ4n) is 1.48. The molecule has 4 nitrogen and oxygen atoms in total. The molecular formula is C10H6BrN3O. The molecule has 3 aromatic heterocycles. The molecule has 0 radical (unpaired) electrons. The summed E-state index contributed by atoms with van der Waals surface area (Å²) < 4.78 is 7.96. The largest absolute Gasteiger partial charge is 0.463 e. The highest BCUT2D eigenvalue weighted by Gasteiger charge is 2.10. The zero-order valence-corrected chi connectivity index (χ0v) is 9.18. The maximum Gasteiger partial charge on any atom is 0.166 e. The second-order valence-corrected chi connectivity index (χ2v) is 3.86. The van der Waals surface area contributed by atoms with Crippen LogP contribution in [-0.2, 0) is 0 Å². The molecule has 0 N–H and O–H groups in total. The molecule has 3 rings (SSSR count). The zero-order valence-electron chi connectivity index (χ0n) is 7.59. The summed E-state index contributed by atoms with van der Waals surface area (Å²) in [7, 11) is 0. The Hall–Kier alpha value is -1.62. The molecular weight excluding hydrogens is 258 g/mol. The van der Waals surface area contributed by atoms with E-state index in [9.17, 15) is 0 Å². The van der Waals surface area contributed by atoms with Crippen LogP contribution in [0.4, 0.5) is 0 Å². The van der Waals surface area contributed by atoms with Crippen LogP contribution in [-0.4, -0.2) is 14.4 Å². The Morgan fingerprint density at radius 1 is 1.40 bits per heavy atom. The topological polar surface area (TPSA) is 43.3 Å². The summed E-state index contributed by atoms with van der Waals surface area (Å²) in [6.45, 7) is 0. The Morgan fingerprint density at radius 2 is 2.33 bits per heavy atom. The van der Waals surface area contributed by atoms with Crippen LogP contribution in [0.2, 0.25) is 0 Å². The number of halogens is 1. The van der Waals surface area contributed by atoms with Gasteiger partial charge in [0.05, 0.1) is 6.26 Å². The summed E-state index contributed by atoms with van der Waals surface area (Å²) >= 11 is 3.35. The lowest BCUT2D eigenvalue weighted by Crippen LogP contribution is -1.91. The molecule has 0 aliphatic heterocycles. The molecule has 5 heteroatoms. The van der Waals surface area contributed by atoms with E-state index in [1.54, 1.807) is 12.5 Å². The molecule has 0 atom stereocenters. The fraction of sp³-hybridized carbons (Fsp3) is 0. The summed E-state index contributed by atoms with van der Waals surface area (Å²) in [5, 5.41) is 0. The number of nitrogens with zero attached hydrogens (tertiary/aromatic N) is 3. The molecule has 0 unspecified atom stereocenters. The van der Waals surface area contributed by atoms with Gasteiger partial charge in [-0.15, -0.1) is 0 Å². The van der Waals surface area contributed by atoms with Gasteiger partial charge in [-0.2, -0.15) is 0 Å². The molecule has 0 bridgehead atoms. The lowest BCUT2D eigenvalue weighted by atomic mass is 10.3. The van der Waals surface area contributed by atoms with Gasteiger partial charge in [0.25, 0.3) is 0 Å². The van der Waals surface area contributed by atoms with Crippen LogP contribution >= 0.6 is 15.9 Å². The summed E-state index contributed by atoms with van der Waals surface area (Å²) in [6, 6.07) is 3.70. The van der Waals surface area contributed by atoms with E-state index >= 15 is 0 Å². The number of aromatic nitrogens is 3. The number of rotatable bonds is 1. The summed E-state index contributed by atoms with van der Waals surface area (Å²) in [4.78, 5) is 8.59. The van der Waals surface area contributed by atoms with Crippen LogP contribution in [0, 0.1) is 0 Å². The van der Waals surface area contributed by atoms with Gasteiger partial charge >= 0.3 is 0 Å². The molecule has 15 heavy (non-hydrogen) atoms. The second kappa shape index (κ2) is 3.20. The molecule has 0 aliphatic carbocycles. The van der Waals surface area contributed by atoms with Gasteiger partial charge in [-0.05, 0) is 28.1 Å². The van der Waals surface area contributed by atoms with Crippen molar-refractivity contribution in [1.29, 1.82) is 0 Å². The number of hydrogen-bond acceptors (Lipinski definition) is 3. The van der Waals surface area contributed by atoms with E-state index < -0.39 is 0 Å². The third kappa shape index (κ3) is 1.35. The minimum absolute atomic E-state index is 0.715. The number of imidazole rings is 1. The molecule has 3 heterocycles. The predicted octanol–water partition coefficient (Wildman–Crippen LogP) is 2.75. The van der Waals surface area contributed by atoms with Gasteiger partial charge < -0.3 is 8.82 Å². The van der Waals surface area contributed by atoms with Crippen LogP contribution in [0.5, 0.6) is 0 Å². The van der Waals surface area contributed by atoms with Crippen molar-refractivity contribution >= 4 is 21.6 Å². The lowest BCUT2D eigenvalue weighted by molar-refractivity contribution is 0.580. The molecule has 0 amide bonds. The molecule has 74 valence electrons. The summed E-state index contributed by atoms with van der Waals surface area (Å²) in [5.74, 6) is 0.715. The van der Waals surface area contributed by atoms with E-state index in [0.717, 1.165) is 15.9 Å². The molecule has 0 spiro atoms. The van der Waals surface area contributed by atoms with Crippen LogP contribution in [0.15, 0.2) is 46.0 Å². The van der Waals surface area contributed by atoms with Crippen molar-refractivity contribution in [3.63, 3.8) is 0 Å². The van der Waals surface area contributed by atoms with E-state index in [4.69, 9.17) is 4.42 Å². The van der Waals surface area contributed by atoms with Crippen LogP contribution < -0.4 is 0 Å². The molecule has 0 aliphatic rings. The highest BCUT2D eigenvalue weighted by atomic mass is 79.9. The van der Waals surface area contributed by atoms with E-state index in [-0.39, 0.29) is 0 Å². The van der Waals surface area contributed by atoms with Crippen molar-refractivity contribution in [3.05, 3.63) is 41.6 Å². The number of fused-ring (bicyclic) bond motifs is 1. The van der Waals surface area contributed by atoms with Crippen molar-refractivity contribution in [1.82, 2.24) is 14.4 Å².